The van der Waals surface area contributed by atoms with E-state index < -0.39 is 0 Å². The van der Waals surface area contributed by atoms with Crippen molar-refractivity contribution in [3.63, 3.8) is 0 Å². The van der Waals surface area contributed by atoms with Gasteiger partial charge in [-0.05, 0) is 30.2 Å². The van der Waals surface area contributed by atoms with Crippen molar-refractivity contribution in [1.29, 1.82) is 0 Å². The van der Waals surface area contributed by atoms with E-state index in [1.807, 2.05) is 0 Å². The van der Waals surface area contributed by atoms with Gasteiger partial charge in [-0.3, -0.25) is 0 Å². The molecule has 90 valence electrons. The Labute approximate surface area is 93.8 Å². The zero-order valence-corrected chi connectivity index (χ0v) is 10.4. The van der Waals surface area contributed by atoms with Crippen molar-refractivity contribution in [1.82, 2.24) is 5.32 Å². The van der Waals surface area contributed by atoms with E-state index in [4.69, 9.17) is 10.5 Å². The average molecular weight is 214 g/mol. The lowest BCUT2D eigenvalue weighted by Crippen LogP contribution is -2.45. The van der Waals surface area contributed by atoms with Gasteiger partial charge in [0, 0.05) is 26.3 Å². The third-order valence-electron chi connectivity index (χ3n) is 3.14. The number of hydrogen-bond acceptors (Lipinski definition) is 3. The SMILES string of the molecule is CC(C)(C)CNCC1(CN)CCOCC1. The normalized spacial score (nSPS) is 21.6. The van der Waals surface area contributed by atoms with Crippen molar-refractivity contribution in [2.45, 2.75) is 33.6 Å². The molecule has 0 atom stereocenters. The molecule has 3 N–H and O–H groups in total. The Kier molecular flexibility index (Phi) is 4.56. The lowest BCUT2D eigenvalue weighted by molar-refractivity contribution is 0.0184. The molecule has 0 bridgehead atoms. The number of nitrogens with one attached hydrogen (secondary N) is 1. The third-order valence-corrected chi connectivity index (χ3v) is 3.14. The van der Waals surface area contributed by atoms with Gasteiger partial charge in [0.15, 0.2) is 0 Å². The Balaban J connectivity index is 2.33. The van der Waals surface area contributed by atoms with Gasteiger partial charge < -0.3 is 15.8 Å². The summed E-state index contributed by atoms with van der Waals surface area (Å²) in [6.45, 7) is 11.3. The lowest BCUT2D eigenvalue weighted by atomic mass is 9.80. The molecule has 0 amide bonds. The monoisotopic (exact) mass is 214 g/mol. The maximum Gasteiger partial charge on any atom is 0.0472 e. The summed E-state index contributed by atoms with van der Waals surface area (Å²) < 4.78 is 5.39. The molecule has 3 heteroatoms. The summed E-state index contributed by atoms with van der Waals surface area (Å²) in [5.74, 6) is 0. The highest BCUT2D eigenvalue weighted by atomic mass is 16.5. The standard InChI is InChI=1S/C12H26N2O/c1-11(2,3)9-14-10-12(8-13)4-6-15-7-5-12/h14H,4-10,13H2,1-3H3. The molecule has 0 spiro atoms. The summed E-state index contributed by atoms with van der Waals surface area (Å²) in [6.07, 6.45) is 2.20. The molecule has 3 nitrogen and oxygen atoms in total. The molecule has 1 saturated heterocycles. The van der Waals surface area contributed by atoms with Gasteiger partial charge in [0.1, 0.15) is 0 Å². The van der Waals surface area contributed by atoms with Crippen LogP contribution in [0.3, 0.4) is 0 Å². The van der Waals surface area contributed by atoms with E-state index in [1.54, 1.807) is 0 Å². The van der Waals surface area contributed by atoms with Crippen LogP contribution in [0.1, 0.15) is 33.6 Å². The minimum atomic E-state index is 0.281. The lowest BCUT2D eigenvalue weighted by Gasteiger charge is -2.37. The predicted molar refractivity (Wildman–Crippen MR) is 63.9 cm³/mol. The highest BCUT2D eigenvalue weighted by Gasteiger charge is 2.31. The molecule has 1 fully saturated rings. The molecule has 1 aliphatic heterocycles. The van der Waals surface area contributed by atoms with Crippen LogP contribution in [-0.2, 0) is 4.74 Å². The fourth-order valence-corrected chi connectivity index (χ4v) is 1.96. The van der Waals surface area contributed by atoms with Gasteiger partial charge in [-0.1, -0.05) is 20.8 Å². The molecule has 0 aliphatic carbocycles. The Morgan fingerprint density at radius 3 is 2.33 bits per heavy atom. The van der Waals surface area contributed by atoms with Crippen LogP contribution in [0.5, 0.6) is 0 Å². The minimum Gasteiger partial charge on any atom is -0.381 e. The maximum absolute atomic E-state index is 5.89. The first-order valence-corrected chi connectivity index (χ1v) is 5.96. The number of ether oxygens (including phenoxy) is 1. The molecule has 0 aromatic heterocycles. The largest absolute Gasteiger partial charge is 0.381 e. The predicted octanol–water partition coefficient (Wildman–Crippen LogP) is 1.38. The van der Waals surface area contributed by atoms with Crippen LogP contribution in [0.15, 0.2) is 0 Å². The zero-order valence-electron chi connectivity index (χ0n) is 10.4. The second kappa shape index (κ2) is 5.28. The quantitative estimate of drug-likeness (QED) is 0.743. The summed E-state index contributed by atoms with van der Waals surface area (Å²) >= 11 is 0. The molecule has 0 saturated carbocycles. The summed E-state index contributed by atoms with van der Waals surface area (Å²) in [4.78, 5) is 0. The van der Waals surface area contributed by atoms with Crippen LogP contribution in [0.2, 0.25) is 0 Å². The molecule has 1 rings (SSSR count). The van der Waals surface area contributed by atoms with Gasteiger partial charge in [-0.15, -0.1) is 0 Å². The number of rotatable bonds is 4. The Morgan fingerprint density at radius 1 is 1.27 bits per heavy atom. The molecular formula is C12H26N2O. The van der Waals surface area contributed by atoms with E-state index in [1.165, 1.54) is 0 Å². The van der Waals surface area contributed by atoms with E-state index in [-0.39, 0.29) is 5.41 Å². The molecule has 0 aromatic rings. The molecule has 1 heterocycles. The van der Waals surface area contributed by atoms with Crippen molar-refractivity contribution >= 4 is 0 Å². The van der Waals surface area contributed by atoms with Crippen molar-refractivity contribution in [2.75, 3.05) is 32.8 Å². The van der Waals surface area contributed by atoms with Gasteiger partial charge >= 0.3 is 0 Å². The van der Waals surface area contributed by atoms with Gasteiger partial charge in [-0.2, -0.15) is 0 Å². The Morgan fingerprint density at radius 2 is 1.87 bits per heavy atom. The highest BCUT2D eigenvalue weighted by molar-refractivity contribution is 4.85. The summed E-state index contributed by atoms with van der Waals surface area (Å²) in [7, 11) is 0. The summed E-state index contributed by atoms with van der Waals surface area (Å²) in [5.41, 5.74) is 6.52. The van der Waals surface area contributed by atoms with Crippen LogP contribution in [0, 0.1) is 10.8 Å². The van der Waals surface area contributed by atoms with Crippen molar-refractivity contribution in [3.05, 3.63) is 0 Å². The average Bonchev–Trinajstić information content (AvgIpc) is 2.17. The molecule has 15 heavy (non-hydrogen) atoms. The first kappa shape index (κ1) is 12.9. The zero-order chi connectivity index (χ0) is 11.4. The van der Waals surface area contributed by atoms with Crippen molar-refractivity contribution < 1.29 is 4.74 Å². The van der Waals surface area contributed by atoms with Gasteiger partial charge in [0.25, 0.3) is 0 Å². The van der Waals surface area contributed by atoms with Crippen molar-refractivity contribution in [2.24, 2.45) is 16.6 Å². The Hall–Kier alpha value is -0.120. The highest BCUT2D eigenvalue weighted by Crippen LogP contribution is 2.28. The van der Waals surface area contributed by atoms with Crippen LogP contribution < -0.4 is 11.1 Å². The first-order valence-electron chi connectivity index (χ1n) is 5.96. The first-order chi connectivity index (χ1) is 6.97. The smallest absolute Gasteiger partial charge is 0.0472 e. The fraction of sp³-hybridized carbons (Fsp3) is 1.00. The molecule has 0 unspecified atom stereocenters. The van der Waals surface area contributed by atoms with Crippen LogP contribution in [0.4, 0.5) is 0 Å². The number of nitrogens with two attached hydrogens (primary N) is 1. The maximum atomic E-state index is 5.89. The minimum absolute atomic E-state index is 0.281. The van der Waals surface area contributed by atoms with E-state index in [0.717, 1.165) is 45.7 Å². The van der Waals surface area contributed by atoms with Gasteiger partial charge in [-0.25, -0.2) is 0 Å². The van der Waals surface area contributed by atoms with E-state index in [9.17, 15) is 0 Å². The van der Waals surface area contributed by atoms with Crippen LogP contribution >= 0.6 is 0 Å². The second-order valence-electron chi connectivity index (χ2n) is 5.98. The van der Waals surface area contributed by atoms with E-state index in [2.05, 4.69) is 26.1 Å². The topological polar surface area (TPSA) is 47.3 Å². The molecule has 1 aliphatic rings. The molecule has 0 aromatic carbocycles. The van der Waals surface area contributed by atoms with Crippen molar-refractivity contribution in [3.8, 4) is 0 Å². The van der Waals surface area contributed by atoms with E-state index >= 15 is 0 Å². The van der Waals surface area contributed by atoms with Gasteiger partial charge in [0.2, 0.25) is 0 Å². The summed E-state index contributed by atoms with van der Waals surface area (Å²) in [5, 5.41) is 3.55. The Bertz CT molecular complexity index is 181. The van der Waals surface area contributed by atoms with E-state index in [0.29, 0.717) is 5.41 Å². The van der Waals surface area contributed by atoms with Crippen LogP contribution in [-0.4, -0.2) is 32.8 Å². The summed E-state index contributed by atoms with van der Waals surface area (Å²) in [6, 6.07) is 0. The number of hydrogen-bond donors (Lipinski definition) is 2. The third kappa shape index (κ3) is 4.49. The fourth-order valence-electron chi connectivity index (χ4n) is 1.96. The van der Waals surface area contributed by atoms with Crippen LogP contribution in [0.25, 0.3) is 0 Å². The molecule has 0 radical (unpaired) electrons. The molecular weight excluding hydrogens is 188 g/mol. The second-order valence-corrected chi connectivity index (χ2v) is 5.98. The van der Waals surface area contributed by atoms with Gasteiger partial charge in [0.05, 0.1) is 0 Å².